The van der Waals surface area contributed by atoms with Gasteiger partial charge in [0.25, 0.3) is 5.91 Å². The predicted octanol–water partition coefficient (Wildman–Crippen LogP) is 4.52. The molecular formula is C30H42FN5O4. The molecule has 1 unspecified atom stereocenters. The van der Waals surface area contributed by atoms with Crippen molar-refractivity contribution in [1.82, 2.24) is 20.7 Å². The lowest BCUT2D eigenvalue weighted by Crippen LogP contribution is -2.58. The van der Waals surface area contributed by atoms with E-state index < -0.39 is 18.0 Å². The third kappa shape index (κ3) is 8.05. The Morgan fingerprint density at radius 2 is 1.90 bits per heavy atom. The van der Waals surface area contributed by atoms with E-state index in [1.54, 1.807) is 11.0 Å². The molecule has 218 valence electrons. The molecule has 0 spiro atoms. The molecule has 2 aromatic rings. The standard InChI is InChI=1S/C30H42FN5O4/c1-3-20(2)27(30(39)36-16-8-13-24(19-36)33-23-12-7-11-22(31)18-23)35-28(37)25(17-21-9-5-4-6-10-21)34-29(38)26-14-15-32-40-26/h7,11-12,14-15,18,20-21,24-25,27,33H,3-6,8-10,13,16-17,19H2,1-2H3,(H,34,38)(H,35,37)/t20-,24?,25-,27-/m0/s1. The van der Waals surface area contributed by atoms with E-state index in [-0.39, 0.29) is 35.4 Å². The summed E-state index contributed by atoms with van der Waals surface area (Å²) in [6.45, 7) is 5.01. The van der Waals surface area contributed by atoms with Crippen LogP contribution in [-0.4, -0.2) is 59.0 Å². The molecule has 0 bridgehead atoms. The fourth-order valence-electron chi connectivity index (χ4n) is 5.79. The van der Waals surface area contributed by atoms with Crippen LogP contribution in [0.5, 0.6) is 0 Å². The van der Waals surface area contributed by atoms with Crippen LogP contribution in [0.4, 0.5) is 10.1 Å². The molecule has 40 heavy (non-hydrogen) atoms. The van der Waals surface area contributed by atoms with Crippen LogP contribution in [0.1, 0.15) is 82.2 Å². The Balaban J connectivity index is 1.44. The maximum atomic E-state index is 13.8. The quantitative estimate of drug-likeness (QED) is 0.376. The Hall–Kier alpha value is -3.43. The normalized spacial score (nSPS) is 20.3. The third-order valence-corrected chi connectivity index (χ3v) is 8.28. The molecular weight excluding hydrogens is 513 g/mol. The zero-order valence-corrected chi connectivity index (χ0v) is 23.5. The van der Waals surface area contributed by atoms with Gasteiger partial charge in [0.15, 0.2) is 0 Å². The number of nitrogens with zero attached hydrogens (tertiary/aromatic N) is 2. The molecule has 1 saturated heterocycles. The first-order valence-electron chi connectivity index (χ1n) is 14.7. The second kappa shape index (κ2) is 14.3. The molecule has 1 aliphatic carbocycles. The number of amides is 3. The molecule has 2 heterocycles. The molecule has 10 heteroatoms. The highest BCUT2D eigenvalue weighted by atomic mass is 19.1. The summed E-state index contributed by atoms with van der Waals surface area (Å²) in [6.07, 6.45) is 9.71. The van der Waals surface area contributed by atoms with Gasteiger partial charge in [0.2, 0.25) is 17.6 Å². The van der Waals surface area contributed by atoms with Gasteiger partial charge in [-0.1, -0.05) is 63.6 Å². The Morgan fingerprint density at radius 3 is 2.60 bits per heavy atom. The van der Waals surface area contributed by atoms with E-state index in [1.165, 1.54) is 30.8 Å². The van der Waals surface area contributed by atoms with E-state index in [0.717, 1.165) is 38.5 Å². The first-order chi connectivity index (χ1) is 19.3. The zero-order valence-electron chi connectivity index (χ0n) is 23.5. The average molecular weight is 556 g/mol. The number of likely N-dealkylation sites (tertiary alicyclic amines) is 1. The highest BCUT2D eigenvalue weighted by Gasteiger charge is 2.35. The minimum absolute atomic E-state index is 0.0203. The minimum atomic E-state index is -0.788. The van der Waals surface area contributed by atoms with Gasteiger partial charge >= 0.3 is 0 Å². The topological polar surface area (TPSA) is 117 Å². The lowest BCUT2D eigenvalue weighted by atomic mass is 9.84. The van der Waals surface area contributed by atoms with E-state index in [1.807, 2.05) is 19.9 Å². The molecule has 0 radical (unpaired) electrons. The summed E-state index contributed by atoms with van der Waals surface area (Å²) in [5.41, 5.74) is 0.680. The summed E-state index contributed by atoms with van der Waals surface area (Å²) in [5.74, 6) is -1.04. The van der Waals surface area contributed by atoms with Gasteiger partial charge in [-0.15, -0.1) is 0 Å². The molecule has 1 aromatic heterocycles. The van der Waals surface area contributed by atoms with Crippen molar-refractivity contribution in [1.29, 1.82) is 0 Å². The summed E-state index contributed by atoms with van der Waals surface area (Å²) in [7, 11) is 0. The van der Waals surface area contributed by atoms with Gasteiger partial charge in [-0.25, -0.2) is 4.39 Å². The molecule has 3 N–H and O–H groups in total. The fourth-order valence-corrected chi connectivity index (χ4v) is 5.79. The second-order valence-corrected chi connectivity index (χ2v) is 11.3. The van der Waals surface area contributed by atoms with Crippen LogP contribution in [0.3, 0.4) is 0 Å². The molecule has 4 rings (SSSR count). The van der Waals surface area contributed by atoms with Crippen molar-refractivity contribution in [2.75, 3.05) is 18.4 Å². The van der Waals surface area contributed by atoms with Crippen molar-refractivity contribution in [2.45, 2.75) is 89.8 Å². The van der Waals surface area contributed by atoms with Gasteiger partial charge in [0.1, 0.15) is 17.9 Å². The van der Waals surface area contributed by atoms with E-state index >= 15 is 0 Å². The molecule has 4 atom stereocenters. The van der Waals surface area contributed by atoms with Crippen LogP contribution in [-0.2, 0) is 9.59 Å². The van der Waals surface area contributed by atoms with Crippen molar-refractivity contribution in [3.8, 4) is 0 Å². The van der Waals surface area contributed by atoms with Crippen LogP contribution >= 0.6 is 0 Å². The number of benzene rings is 1. The summed E-state index contributed by atoms with van der Waals surface area (Å²) in [6, 6.07) is 6.24. The van der Waals surface area contributed by atoms with Gasteiger partial charge in [-0.2, -0.15) is 0 Å². The highest BCUT2D eigenvalue weighted by Crippen LogP contribution is 2.28. The van der Waals surface area contributed by atoms with Gasteiger partial charge in [0, 0.05) is 30.9 Å². The Morgan fingerprint density at radius 1 is 1.10 bits per heavy atom. The monoisotopic (exact) mass is 555 g/mol. The maximum Gasteiger partial charge on any atom is 0.290 e. The number of aromatic nitrogens is 1. The van der Waals surface area contributed by atoms with E-state index in [0.29, 0.717) is 37.5 Å². The van der Waals surface area contributed by atoms with Crippen molar-refractivity contribution in [3.63, 3.8) is 0 Å². The van der Waals surface area contributed by atoms with Crippen molar-refractivity contribution in [3.05, 3.63) is 48.1 Å². The van der Waals surface area contributed by atoms with Crippen LogP contribution in [0, 0.1) is 17.7 Å². The highest BCUT2D eigenvalue weighted by molar-refractivity contribution is 5.96. The number of rotatable bonds is 11. The van der Waals surface area contributed by atoms with E-state index in [4.69, 9.17) is 4.52 Å². The molecule has 1 aromatic carbocycles. The molecule has 9 nitrogen and oxygen atoms in total. The van der Waals surface area contributed by atoms with E-state index in [9.17, 15) is 18.8 Å². The first-order valence-corrected chi connectivity index (χ1v) is 14.7. The van der Waals surface area contributed by atoms with Gasteiger partial charge in [0.05, 0.1) is 6.20 Å². The van der Waals surface area contributed by atoms with E-state index in [2.05, 4.69) is 21.1 Å². The number of piperidine rings is 1. The number of halogens is 1. The lowest BCUT2D eigenvalue weighted by Gasteiger charge is -2.37. The lowest BCUT2D eigenvalue weighted by molar-refractivity contribution is -0.139. The number of nitrogens with one attached hydrogen (secondary N) is 3. The van der Waals surface area contributed by atoms with Crippen LogP contribution in [0.2, 0.25) is 0 Å². The Bertz CT molecular complexity index is 1120. The SMILES string of the molecule is CC[C@H](C)[C@H](NC(=O)[C@H](CC1CCCCC1)NC(=O)c1ccno1)C(=O)N1CCCC(Nc2cccc(F)c2)C1. The number of hydrogen-bond acceptors (Lipinski definition) is 6. The predicted molar refractivity (Wildman–Crippen MR) is 150 cm³/mol. The Labute approximate surface area is 235 Å². The fraction of sp³-hybridized carbons (Fsp3) is 0.600. The van der Waals surface area contributed by atoms with Crippen molar-refractivity contribution < 1.29 is 23.3 Å². The molecule has 2 aliphatic rings. The summed E-state index contributed by atoms with van der Waals surface area (Å²) < 4.78 is 18.7. The molecule has 3 amide bonds. The average Bonchev–Trinajstić information content (AvgIpc) is 3.51. The van der Waals surface area contributed by atoms with Gasteiger partial charge < -0.3 is 25.4 Å². The molecule has 1 saturated carbocycles. The largest absolute Gasteiger partial charge is 0.380 e. The van der Waals surface area contributed by atoms with Crippen LogP contribution in [0.25, 0.3) is 0 Å². The molecule has 2 fully saturated rings. The Kier molecular flexibility index (Phi) is 10.5. The zero-order chi connectivity index (χ0) is 28.5. The smallest absolute Gasteiger partial charge is 0.290 e. The maximum absolute atomic E-state index is 13.8. The second-order valence-electron chi connectivity index (χ2n) is 11.3. The van der Waals surface area contributed by atoms with Gasteiger partial charge in [-0.3, -0.25) is 14.4 Å². The summed E-state index contributed by atoms with van der Waals surface area (Å²) in [5, 5.41) is 12.8. The van der Waals surface area contributed by atoms with Crippen molar-refractivity contribution >= 4 is 23.4 Å². The van der Waals surface area contributed by atoms with Crippen molar-refractivity contribution in [2.24, 2.45) is 11.8 Å². The number of hydrogen-bond donors (Lipinski definition) is 3. The number of carbonyl (C=O) groups excluding carboxylic acids is 3. The number of anilines is 1. The minimum Gasteiger partial charge on any atom is -0.380 e. The molecule has 1 aliphatic heterocycles. The third-order valence-electron chi connectivity index (χ3n) is 8.28. The number of carbonyl (C=O) groups is 3. The van der Waals surface area contributed by atoms with Gasteiger partial charge in [-0.05, 0) is 49.3 Å². The summed E-state index contributed by atoms with van der Waals surface area (Å²) >= 11 is 0. The van der Waals surface area contributed by atoms with Crippen LogP contribution < -0.4 is 16.0 Å². The van der Waals surface area contributed by atoms with Crippen LogP contribution in [0.15, 0.2) is 41.1 Å². The summed E-state index contributed by atoms with van der Waals surface area (Å²) in [4.78, 5) is 42.1. The first kappa shape index (κ1) is 29.6.